The van der Waals surface area contributed by atoms with Gasteiger partial charge in [0.1, 0.15) is 12.4 Å². The molecule has 1 aliphatic rings. The monoisotopic (exact) mass is 547 g/mol. The van der Waals surface area contributed by atoms with E-state index >= 15 is 0 Å². The van der Waals surface area contributed by atoms with E-state index in [1.807, 2.05) is 43.0 Å². The summed E-state index contributed by atoms with van der Waals surface area (Å²) in [6.45, 7) is 4.89. The van der Waals surface area contributed by atoms with Crippen LogP contribution < -0.4 is 28.4 Å². The smallest absolute Gasteiger partial charge is 0.247 e. The summed E-state index contributed by atoms with van der Waals surface area (Å²) >= 11 is 0. The minimum absolute atomic E-state index is 0.136. The molecular weight excluding hydrogens is 510 g/mol. The van der Waals surface area contributed by atoms with Gasteiger partial charge in [-0.3, -0.25) is 4.79 Å². The van der Waals surface area contributed by atoms with Gasteiger partial charge in [-0.2, -0.15) is 0 Å². The van der Waals surface area contributed by atoms with Crippen molar-refractivity contribution >= 4 is 12.0 Å². The normalized spacial score (nSPS) is 14.5. The molecular formula is C32H37NO7. The van der Waals surface area contributed by atoms with Crippen LogP contribution in [-0.4, -0.2) is 59.5 Å². The minimum Gasteiger partial charge on any atom is -0.493 e. The molecule has 0 saturated carbocycles. The Balaban J connectivity index is 1.67. The second-order valence-electron chi connectivity index (χ2n) is 9.63. The van der Waals surface area contributed by atoms with Gasteiger partial charge in [-0.05, 0) is 90.6 Å². The quantitative estimate of drug-likeness (QED) is 0.308. The number of nitrogens with zero attached hydrogens (tertiary/aromatic N) is 1. The summed E-state index contributed by atoms with van der Waals surface area (Å²) in [7, 11) is 7.91. The van der Waals surface area contributed by atoms with Crippen molar-refractivity contribution in [2.75, 3.05) is 48.7 Å². The topological polar surface area (TPSA) is 75.7 Å². The number of aryl methyl sites for hydroxylation is 2. The number of ether oxygens (including phenoxy) is 6. The van der Waals surface area contributed by atoms with Crippen LogP contribution in [0, 0.1) is 13.8 Å². The van der Waals surface area contributed by atoms with Crippen LogP contribution in [0.25, 0.3) is 6.08 Å². The molecule has 0 fully saturated rings. The summed E-state index contributed by atoms with van der Waals surface area (Å²) < 4.78 is 33.7. The number of rotatable bonds is 10. The van der Waals surface area contributed by atoms with E-state index in [9.17, 15) is 4.79 Å². The molecule has 0 saturated heterocycles. The zero-order chi connectivity index (χ0) is 28.8. The maximum atomic E-state index is 13.7. The van der Waals surface area contributed by atoms with Crippen molar-refractivity contribution in [1.82, 2.24) is 4.90 Å². The van der Waals surface area contributed by atoms with E-state index in [1.165, 1.54) is 0 Å². The molecule has 212 valence electrons. The van der Waals surface area contributed by atoms with Crippen LogP contribution in [0.3, 0.4) is 0 Å². The Labute approximate surface area is 236 Å². The van der Waals surface area contributed by atoms with E-state index in [4.69, 9.17) is 28.4 Å². The fourth-order valence-corrected chi connectivity index (χ4v) is 5.12. The number of carbonyl (C=O) groups excluding carboxylic acids is 1. The molecule has 3 aromatic carbocycles. The van der Waals surface area contributed by atoms with Crippen molar-refractivity contribution < 1.29 is 33.2 Å². The molecule has 1 aliphatic heterocycles. The maximum absolute atomic E-state index is 13.7. The molecule has 1 atom stereocenters. The van der Waals surface area contributed by atoms with Crippen molar-refractivity contribution in [3.05, 3.63) is 76.4 Å². The minimum atomic E-state index is -0.332. The summed E-state index contributed by atoms with van der Waals surface area (Å²) in [5, 5.41) is 0. The first-order chi connectivity index (χ1) is 19.3. The molecule has 1 amide bonds. The first-order valence-electron chi connectivity index (χ1n) is 13.1. The number of benzene rings is 3. The SMILES string of the molecule is COc1cc2c(cc1OC)C(COc1cc(C)cc(C)c1)N(C(=O)C=Cc1cc(OC)c(OC)c(OC)c1)CC2. The van der Waals surface area contributed by atoms with Gasteiger partial charge in [-0.15, -0.1) is 0 Å². The highest BCUT2D eigenvalue weighted by Gasteiger charge is 2.32. The van der Waals surface area contributed by atoms with Gasteiger partial charge in [0.15, 0.2) is 23.0 Å². The van der Waals surface area contributed by atoms with Crippen molar-refractivity contribution in [1.29, 1.82) is 0 Å². The number of amides is 1. The summed E-state index contributed by atoms with van der Waals surface area (Å²) in [5.41, 5.74) is 5.06. The van der Waals surface area contributed by atoms with Crippen molar-refractivity contribution in [2.45, 2.75) is 26.3 Å². The molecule has 3 aromatic rings. The molecule has 8 nitrogen and oxygen atoms in total. The summed E-state index contributed by atoms with van der Waals surface area (Å²) in [4.78, 5) is 15.5. The highest BCUT2D eigenvalue weighted by atomic mass is 16.5. The zero-order valence-electron chi connectivity index (χ0n) is 24.2. The van der Waals surface area contributed by atoms with E-state index in [2.05, 4.69) is 6.07 Å². The third kappa shape index (κ3) is 6.11. The second-order valence-corrected chi connectivity index (χ2v) is 9.63. The molecule has 0 spiro atoms. The molecule has 0 radical (unpaired) electrons. The lowest BCUT2D eigenvalue weighted by molar-refractivity contribution is -0.129. The molecule has 0 bridgehead atoms. The Morgan fingerprint density at radius 2 is 1.40 bits per heavy atom. The highest BCUT2D eigenvalue weighted by molar-refractivity contribution is 5.92. The van der Waals surface area contributed by atoms with E-state index < -0.39 is 0 Å². The number of fused-ring (bicyclic) bond motifs is 1. The lowest BCUT2D eigenvalue weighted by Gasteiger charge is -2.37. The fourth-order valence-electron chi connectivity index (χ4n) is 5.12. The summed E-state index contributed by atoms with van der Waals surface area (Å²) in [6, 6.07) is 13.3. The summed E-state index contributed by atoms with van der Waals surface area (Å²) in [6.07, 6.45) is 3.99. The largest absolute Gasteiger partial charge is 0.493 e. The van der Waals surface area contributed by atoms with Gasteiger partial charge >= 0.3 is 0 Å². The highest BCUT2D eigenvalue weighted by Crippen LogP contribution is 2.40. The van der Waals surface area contributed by atoms with Crippen LogP contribution in [0.15, 0.2) is 48.5 Å². The van der Waals surface area contributed by atoms with E-state index in [0.29, 0.717) is 41.7 Å². The maximum Gasteiger partial charge on any atom is 0.247 e. The van der Waals surface area contributed by atoms with Gasteiger partial charge in [0.05, 0.1) is 41.6 Å². The van der Waals surface area contributed by atoms with Crippen LogP contribution in [-0.2, 0) is 11.2 Å². The molecule has 1 unspecified atom stereocenters. The Morgan fingerprint density at radius 3 is 1.98 bits per heavy atom. The Kier molecular flexibility index (Phi) is 9.09. The average Bonchev–Trinajstić information content (AvgIpc) is 2.96. The molecule has 4 rings (SSSR count). The number of methoxy groups -OCH3 is 5. The number of hydrogen-bond acceptors (Lipinski definition) is 7. The standard InChI is InChI=1S/C32H37NO7/c1-20-12-21(2)14-24(13-20)40-19-26-25-18-28(36-4)27(35-3)17-23(25)10-11-33(26)31(34)9-8-22-15-29(37-5)32(39-7)30(16-22)38-6/h8-9,12-18,26H,10-11,19H2,1-7H3. The van der Waals surface area contributed by atoms with Crippen LogP contribution >= 0.6 is 0 Å². The molecule has 0 aromatic heterocycles. The van der Waals surface area contributed by atoms with Crippen LogP contribution in [0.1, 0.15) is 33.9 Å². The fraction of sp³-hybridized carbons (Fsp3) is 0.344. The third-order valence-electron chi connectivity index (χ3n) is 6.99. The van der Waals surface area contributed by atoms with Crippen molar-refractivity contribution in [2.24, 2.45) is 0 Å². The lowest BCUT2D eigenvalue weighted by atomic mass is 9.92. The molecule has 40 heavy (non-hydrogen) atoms. The van der Waals surface area contributed by atoms with Gasteiger partial charge < -0.3 is 33.3 Å². The van der Waals surface area contributed by atoms with Crippen molar-refractivity contribution in [3.63, 3.8) is 0 Å². The molecule has 8 heteroatoms. The zero-order valence-corrected chi connectivity index (χ0v) is 24.2. The Bertz CT molecular complexity index is 1350. The van der Waals surface area contributed by atoms with Gasteiger partial charge in [0.25, 0.3) is 0 Å². The van der Waals surface area contributed by atoms with E-state index in [0.717, 1.165) is 33.6 Å². The third-order valence-corrected chi connectivity index (χ3v) is 6.99. The van der Waals surface area contributed by atoms with E-state index in [1.54, 1.807) is 59.8 Å². The van der Waals surface area contributed by atoms with Gasteiger partial charge in [-0.1, -0.05) is 6.07 Å². The Hall–Kier alpha value is -4.33. The lowest BCUT2D eigenvalue weighted by Crippen LogP contribution is -2.41. The predicted octanol–water partition coefficient (Wildman–Crippen LogP) is 5.56. The van der Waals surface area contributed by atoms with Gasteiger partial charge in [-0.25, -0.2) is 0 Å². The number of carbonyl (C=O) groups is 1. The van der Waals surface area contributed by atoms with Gasteiger partial charge in [0, 0.05) is 12.6 Å². The van der Waals surface area contributed by atoms with Crippen LogP contribution in [0.5, 0.6) is 34.5 Å². The molecule has 0 N–H and O–H groups in total. The van der Waals surface area contributed by atoms with Crippen LogP contribution in [0.4, 0.5) is 0 Å². The first kappa shape index (κ1) is 28.7. The average molecular weight is 548 g/mol. The van der Waals surface area contributed by atoms with Crippen molar-refractivity contribution in [3.8, 4) is 34.5 Å². The van der Waals surface area contributed by atoms with Crippen LogP contribution in [0.2, 0.25) is 0 Å². The Morgan fingerprint density at radius 1 is 0.800 bits per heavy atom. The van der Waals surface area contributed by atoms with Gasteiger partial charge in [0.2, 0.25) is 11.7 Å². The van der Waals surface area contributed by atoms with E-state index in [-0.39, 0.29) is 18.6 Å². The predicted molar refractivity (Wildman–Crippen MR) is 154 cm³/mol. The first-order valence-corrected chi connectivity index (χ1v) is 13.1. The molecule has 0 aliphatic carbocycles. The number of hydrogen-bond donors (Lipinski definition) is 0. The summed E-state index contributed by atoms with van der Waals surface area (Å²) in [5.74, 6) is 3.43. The molecule has 1 heterocycles. The second kappa shape index (κ2) is 12.7.